The molecule has 0 bridgehead atoms. The average molecular weight is 402 g/mol. The first-order valence-corrected chi connectivity index (χ1v) is 11.9. The van der Waals surface area contributed by atoms with E-state index in [0.717, 1.165) is 49.4 Å². The van der Waals surface area contributed by atoms with Gasteiger partial charge >= 0.3 is 0 Å². The highest BCUT2D eigenvalue weighted by Crippen LogP contribution is 2.45. The number of halogens is 2. The van der Waals surface area contributed by atoms with Crippen molar-refractivity contribution in [2.24, 2.45) is 23.7 Å². The Hall–Kier alpha value is -1.43. The molecule has 2 fully saturated rings. The zero-order valence-corrected chi connectivity index (χ0v) is 18.2. The second-order valence-electron chi connectivity index (χ2n) is 9.69. The van der Waals surface area contributed by atoms with Crippen LogP contribution in [-0.2, 0) is 0 Å². The number of unbranched alkanes of at least 4 members (excludes halogenated alkanes) is 2. The summed E-state index contributed by atoms with van der Waals surface area (Å²) < 4.78 is 28.4. The standard InChI is InChI=1S/C26H37F2N/c1-3-4-5-6-19-7-9-20(10-8-19)18(2)21-11-13-22(14-12-21)24-16-15-23(17-29)25(27)26(24)28/h15-16,18-22H,3-14H2,1-2H3. The number of hydrogen-bond acceptors (Lipinski definition) is 1. The smallest absolute Gasteiger partial charge is 0.176 e. The van der Waals surface area contributed by atoms with Crippen LogP contribution in [0.2, 0.25) is 0 Å². The zero-order chi connectivity index (χ0) is 20.8. The maximum absolute atomic E-state index is 14.4. The van der Waals surface area contributed by atoms with Crippen molar-refractivity contribution in [3.05, 3.63) is 34.9 Å². The molecule has 0 amide bonds. The first-order valence-electron chi connectivity index (χ1n) is 11.9. The van der Waals surface area contributed by atoms with E-state index in [2.05, 4.69) is 13.8 Å². The number of hydrogen-bond donors (Lipinski definition) is 0. The molecule has 2 aliphatic rings. The average Bonchev–Trinajstić information content (AvgIpc) is 2.76. The molecule has 3 heteroatoms. The SMILES string of the molecule is CCCCCC1CCC(C(C)C2CCC(c3ccc(C#N)c(F)c3F)CC2)CC1. The van der Waals surface area contributed by atoms with Crippen LogP contribution in [0.25, 0.3) is 0 Å². The van der Waals surface area contributed by atoms with Gasteiger partial charge in [-0.1, -0.05) is 58.4 Å². The Bertz CT molecular complexity index is 691. The van der Waals surface area contributed by atoms with Crippen LogP contribution in [0, 0.1) is 46.6 Å². The van der Waals surface area contributed by atoms with Crippen molar-refractivity contribution < 1.29 is 8.78 Å². The Labute approximate surface area is 175 Å². The Morgan fingerprint density at radius 1 is 0.931 bits per heavy atom. The van der Waals surface area contributed by atoms with E-state index in [0.29, 0.717) is 5.56 Å². The molecule has 3 rings (SSSR count). The molecule has 2 saturated carbocycles. The summed E-state index contributed by atoms with van der Waals surface area (Å²) in [5, 5.41) is 8.88. The maximum Gasteiger partial charge on any atom is 0.176 e. The number of nitriles is 1. The van der Waals surface area contributed by atoms with Crippen molar-refractivity contribution in [2.45, 2.75) is 96.8 Å². The molecule has 160 valence electrons. The fourth-order valence-electron chi connectivity index (χ4n) is 5.99. The van der Waals surface area contributed by atoms with Crippen LogP contribution in [0.1, 0.15) is 108 Å². The van der Waals surface area contributed by atoms with Gasteiger partial charge < -0.3 is 0 Å². The quantitative estimate of drug-likeness (QED) is 0.423. The lowest BCUT2D eigenvalue weighted by Crippen LogP contribution is -2.28. The van der Waals surface area contributed by atoms with Gasteiger partial charge in [-0.2, -0.15) is 5.26 Å². The Morgan fingerprint density at radius 3 is 2.14 bits per heavy atom. The van der Waals surface area contributed by atoms with E-state index in [1.807, 2.05) is 0 Å². The fourth-order valence-corrected chi connectivity index (χ4v) is 5.99. The van der Waals surface area contributed by atoms with E-state index in [-0.39, 0.29) is 11.5 Å². The van der Waals surface area contributed by atoms with E-state index < -0.39 is 11.6 Å². The third kappa shape index (κ3) is 5.39. The Kier molecular flexibility index (Phi) is 8.10. The van der Waals surface area contributed by atoms with Gasteiger partial charge in [-0.05, 0) is 79.7 Å². The van der Waals surface area contributed by atoms with Gasteiger partial charge in [0.25, 0.3) is 0 Å². The molecule has 2 aliphatic carbocycles. The first-order chi connectivity index (χ1) is 14.0. The lowest BCUT2D eigenvalue weighted by Gasteiger charge is -2.39. The summed E-state index contributed by atoms with van der Waals surface area (Å²) in [7, 11) is 0. The van der Waals surface area contributed by atoms with Crippen molar-refractivity contribution >= 4 is 0 Å². The molecule has 1 unspecified atom stereocenters. The van der Waals surface area contributed by atoms with Crippen LogP contribution in [0.5, 0.6) is 0 Å². The third-order valence-corrected chi connectivity index (χ3v) is 8.04. The topological polar surface area (TPSA) is 23.8 Å². The third-order valence-electron chi connectivity index (χ3n) is 8.04. The van der Waals surface area contributed by atoms with Gasteiger partial charge in [0, 0.05) is 0 Å². The van der Waals surface area contributed by atoms with Gasteiger partial charge in [0.05, 0.1) is 5.56 Å². The lowest BCUT2D eigenvalue weighted by atomic mass is 9.66. The minimum atomic E-state index is -0.976. The molecular formula is C26H37F2N. The van der Waals surface area contributed by atoms with Gasteiger partial charge in [0.1, 0.15) is 6.07 Å². The second-order valence-corrected chi connectivity index (χ2v) is 9.69. The predicted molar refractivity (Wildman–Crippen MR) is 115 cm³/mol. The van der Waals surface area contributed by atoms with Gasteiger partial charge in [-0.15, -0.1) is 0 Å². The van der Waals surface area contributed by atoms with Crippen molar-refractivity contribution in [2.75, 3.05) is 0 Å². The Morgan fingerprint density at radius 2 is 1.55 bits per heavy atom. The summed E-state index contributed by atoms with van der Waals surface area (Å²) >= 11 is 0. The minimum absolute atomic E-state index is 0.0926. The van der Waals surface area contributed by atoms with Crippen LogP contribution in [0.3, 0.4) is 0 Å². The Balaban J connectivity index is 1.49. The molecule has 0 radical (unpaired) electrons. The summed E-state index contributed by atoms with van der Waals surface area (Å²) in [5.74, 6) is 1.58. The maximum atomic E-state index is 14.4. The molecule has 0 spiro atoms. The predicted octanol–water partition coefficient (Wildman–Crippen LogP) is 8.13. The van der Waals surface area contributed by atoms with Crippen molar-refractivity contribution in [1.29, 1.82) is 5.26 Å². The van der Waals surface area contributed by atoms with Crippen LogP contribution < -0.4 is 0 Å². The van der Waals surface area contributed by atoms with Crippen LogP contribution in [0.4, 0.5) is 8.78 Å². The molecule has 0 aromatic heterocycles. The van der Waals surface area contributed by atoms with E-state index in [1.54, 1.807) is 12.1 Å². The first kappa shape index (κ1) is 22.3. The van der Waals surface area contributed by atoms with Crippen LogP contribution >= 0.6 is 0 Å². The highest BCUT2D eigenvalue weighted by molar-refractivity contribution is 5.36. The highest BCUT2D eigenvalue weighted by Gasteiger charge is 2.33. The number of rotatable bonds is 7. The van der Waals surface area contributed by atoms with Gasteiger partial charge in [-0.25, -0.2) is 8.78 Å². The van der Waals surface area contributed by atoms with Gasteiger partial charge in [-0.3, -0.25) is 0 Å². The van der Waals surface area contributed by atoms with Gasteiger partial charge in [0.15, 0.2) is 11.6 Å². The number of nitrogens with zero attached hydrogens (tertiary/aromatic N) is 1. The number of benzene rings is 1. The summed E-state index contributed by atoms with van der Waals surface area (Å²) in [6.45, 7) is 4.72. The molecule has 1 atom stereocenters. The molecule has 1 nitrogen and oxygen atoms in total. The molecular weight excluding hydrogens is 364 g/mol. The van der Waals surface area contributed by atoms with Crippen LogP contribution in [-0.4, -0.2) is 0 Å². The van der Waals surface area contributed by atoms with E-state index in [4.69, 9.17) is 5.26 Å². The lowest BCUT2D eigenvalue weighted by molar-refractivity contribution is 0.131. The largest absolute Gasteiger partial charge is 0.203 e. The molecule has 0 saturated heterocycles. The fraction of sp³-hybridized carbons (Fsp3) is 0.731. The molecule has 1 aromatic carbocycles. The summed E-state index contributed by atoms with van der Waals surface area (Å²) in [5.41, 5.74) is 0.277. The summed E-state index contributed by atoms with van der Waals surface area (Å²) in [6, 6.07) is 4.79. The normalized spacial score (nSPS) is 28.7. The molecule has 29 heavy (non-hydrogen) atoms. The van der Waals surface area contributed by atoms with Gasteiger partial charge in [0.2, 0.25) is 0 Å². The zero-order valence-electron chi connectivity index (χ0n) is 18.2. The van der Waals surface area contributed by atoms with Crippen molar-refractivity contribution in [1.82, 2.24) is 0 Å². The van der Waals surface area contributed by atoms with Crippen LogP contribution in [0.15, 0.2) is 12.1 Å². The van der Waals surface area contributed by atoms with Crippen molar-refractivity contribution in [3.63, 3.8) is 0 Å². The molecule has 0 heterocycles. The molecule has 0 N–H and O–H groups in total. The van der Waals surface area contributed by atoms with Crippen molar-refractivity contribution in [3.8, 4) is 6.07 Å². The van der Waals surface area contributed by atoms with E-state index >= 15 is 0 Å². The van der Waals surface area contributed by atoms with E-state index in [9.17, 15) is 8.78 Å². The minimum Gasteiger partial charge on any atom is -0.203 e. The molecule has 1 aromatic rings. The molecule has 0 aliphatic heterocycles. The monoisotopic (exact) mass is 401 g/mol. The summed E-state index contributed by atoms with van der Waals surface area (Å²) in [4.78, 5) is 0. The summed E-state index contributed by atoms with van der Waals surface area (Å²) in [6.07, 6.45) is 15.2. The van der Waals surface area contributed by atoms with E-state index in [1.165, 1.54) is 57.4 Å². The second kappa shape index (κ2) is 10.6. The highest BCUT2D eigenvalue weighted by atomic mass is 19.2.